The minimum Gasteiger partial charge on any atom is -0.384 e. The fourth-order valence-corrected chi connectivity index (χ4v) is 2.26. The molecule has 0 aliphatic rings. The van der Waals surface area contributed by atoms with Gasteiger partial charge < -0.3 is 10.3 Å². The van der Waals surface area contributed by atoms with Gasteiger partial charge in [0.25, 0.3) is 0 Å². The molecule has 0 bridgehead atoms. The average Bonchev–Trinajstić information content (AvgIpc) is 3.06. The van der Waals surface area contributed by atoms with E-state index in [1.807, 2.05) is 44.2 Å². The number of nitrogens with two attached hydrogens (primary N) is 1. The standard InChI is InChI=1S/C16H18N4O/c1-11(2)20-16(17)10-14(18-20)15-9-13(21-19-15)8-12-6-4-3-5-7-12/h3-7,9-11H,8,17H2,1-2H3. The van der Waals surface area contributed by atoms with Crippen molar-refractivity contribution in [3.63, 3.8) is 0 Å². The quantitative estimate of drug-likeness (QED) is 0.797. The summed E-state index contributed by atoms with van der Waals surface area (Å²) >= 11 is 0. The fourth-order valence-electron chi connectivity index (χ4n) is 2.26. The van der Waals surface area contributed by atoms with Gasteiger partial charge in [0.1, 0.15) is 23.0 Å². The maximum Gasteiger partial charge on any atom is 0.141 e. The van der Waals surface area contributed by atoms with Gasteiger partial charge in [-0.1, -0.05) is 35.5 Å². The van der Waals surface area contributed by atoms with Crippen molar-refractivity contribution in [2.24, 2.45) is 0 Å². The first-order valence-corrected chi connectivity index (χ1v) is 6.98. The van der Waals surface area contributed by atoms with Crippen LogP contribution in [0.2, 0.25) is 0 Å². The van der Waals surface area contributed by atoms with Gasteiger partial charge in [0.2, 0.25) is 0 Å². The highest BCUT2D eigenvalue weighted by atomic mass is 16.5. The van der Waals surface area contributed by atoms with Gasteiger partial charge in [0, 0.05) is 24.6 Å². The van der Waals surface area contributed by atoms with Gasteiger partial charge in [-0.25, -0.2) is 4.68 Å². The van der Waals surface area contributed by atoms with E-state index in [4.69, 9.17) is 10.3 Å². The number of rotatable bonds is 4. The molecule has 0 unspecified atom stereocenters. The molecule has 5 nitrogen and oxygen atoms in total. The Kier molecular flexibility index (Phi) is 3.48. The van der Waals surface area contributed by atoms with Crippen LogP contribution in [0.4, 0.5) is 5.82 Å². The summed E-state index contributed by atoms with van der Waals surface area (Å²) in [5.74, 6) is 1.45. The molecule has 0 saturated carbocycles. The topological polar surface area (TPSA) is 69.9 Å². The smallest absolute Gasteiger partial charge is 0.141 e. The third-order valence-corrected chi connectivity index (χ3v) is 3.30. The Morgan fingerprint density at radius 3 is 2.57 bits per heavy atom. The highest BCUT2D eigenvalue weighted by molar-refractivity contribution is 5.58. The monoisotopic (exact) mass is 282 g/mol. The molecule has 0 radical (unpaired) electrons. The maximum absolute atomic E-state index is 5.95. The lowest BCUT2D eigenvalue weighted by molar-refractivity contribution is 0.391. The molecule has 2 heterocycles. The SMILES string of the molecule is CC(C)n1nc(-c2cc(Cc3ccccc3)on2)cc1N. The van der Waals surface area contributed by atoms with Gasteiger partial charge in [0.05, 0.1) is 0 Å². The van der Waals surface area contributed by atoms with Gasteiger partial charge in [-0.05, 0) is 19.4 Å². The number of hydrogen-bond donors (Lipinski definition) is 1. The Labute approximate surface area is 123 Å². The molecule has 108 valence electrons. The van der Waals surface area contributed by atoms with E-state index < -0.39 is 0 Å². The molecule has 0 spiro atoms. The molecule has 2 aromatic heterocycles. The van der Waals surface area contributed by atoms with E-state index in [0.29, 0.717) is 17.9 Å². The molecule has 0 atom stereocenters. The van der Waals surface area contributed by atoms with Crippen LogP contribution in [0.3, 0.4) is 0 Å². The maximum atomic E-state index is 5.95. The first-order chi connectivity index (χ1) is 10.1. The molecular formula is C16H18N4O. The predicted molar refractivity (Wildman–Crippen MR) is 81.8 cm³/mol. The molecule has 0 fully saturated rings. The lowest BCUT2D eigenvalue weighted by atomic mass is 10.1. The van der Waals surface area contributed by atoms with Crippen LogP contribution in [0.1, 0.15) is 31.2 Å². The second-order valence-corrected chi connectivity index (χ2v) is 5.33. The molecule has 3 aromatic rings. The van der Waals surface area contributed by atoms with Crippen LogP contribution in [0, 0.1) is 0 Å². The lowest BCUT2D eigenvalue weighted by Gasteiger charge is -2.06. The predicted octanol–water partition coefficient (Wildman–Crippen LogP) is 3.29. The Balaban J connectivity index is 1.83. The summed E-state index contributed by atoms with van der Waals surface area (Å²) in [4.78, 5) is 0. The molecule has 3 rings (SSSR count). The third-order valence-electron chi connectivity index (χ3n) is 3.30. The number of benzene rings is 1. The van der Waals surface area contributed by atoms with Crippen LogP contribution in [-0.4, -0.2) is 14.9 Å². The molecule has 0 aliphatic carbocycles. The zero-order valence-corrected chi connectivity index (χ0v) is 12.2. The van der Waals surface area contributed by atoms with Crippen molar-refractivity contribution in [3.05, 3.63) is 53.8 Å². The van der Waals surface area contributed by atoms with E-state index in [2.05, 4.69) is 22.4 Å². The zero-order chi connectivity index (χ0) is 14.8. The Hall–Kier alpha value is -2.56. The van der Waals surface area contributed by atoms with E-state index in [-0.39, 0.29) is 6.04 Å². The van der Waals surface area contributed by atoms with Crippen molar-refractivity contribution in [2.75, 3.05) is 5.73 Å². The van der Waals surface area contributed by atoms with Gasteiger partial charge in [-0.3, -0.25) is 0 Å². The van der Waals surface area contributed by atoms with E-state index in [1.165, 1.54) is 5.56 Å². The number of nitrogens with zero attached hydrogens (tertiary/aromatic N) is 3. The lowest BCUT2D eigenvalue weighted by Crippen LogP contribution is -2.06. The summed E-state index contributed by atoms with van der Waals surface area (Å²) in [5, 5.41) is 8.56. The van der Waals surface area contributed by atoms with Crippen molar-refractivity contribution in [2.45, 2.75) is 26.3 Å². The van der Waals surface area contributed by atoms with E-state index in [0.717, 1.165) is 11.5 Å². The van der Waals surface area contributed by atoms with Crippen LogP contribution in [0.15, 0.2) is 47.0 Å². The fraction of sp³-hybridized carbons (Fsp3) is 0.250. The van der Waals surface area contributed by atoms with E-state index in [9.17, 15) is 0 Å². The average molecular weight is 282 g/mol. The van der Waals surface area contributed by atoms with Crippen LogP contribution in [-0.2, 0) is 6.42 Å². The highest BCUT2D eigenvalue weighted by Gasteiger charge is 2.13. The molecule has 5 heteroatoms. The summed E-state index contributed by atoms with van der Waals surface area (Å²) in [6.07, 6.45) is 0.716. The second-order valence-electron chi connectivity index (χ2n) is 5.33. The minimum atomic E-state index is 0.217. The Bertz CT molecular complexity index is 728. The normalized spacial score (nSPS) is 11.2. The van der Waals surface area contributed by atoms with Gasteiger partial charge in [0.15, 0.2) is 0 Å². The summed E-state index contributed by atoms with van der Waals surface area (Å²) in [7, 11) is 0. The molecular weight excluding hydrogens is 264 g/mol. The zero-order valence-electron chi connectivity index (χ0n) is 12.2. The van der Waals surface area contributed by atoms with Crippen molar-refractivity contribution in [1.82, 2.24) is 14.9 Å². The molecule has 0 amide bonds. The molecule has 1 aromatic carbocycles. The second kappa shape index (κ2) is 5.44. The van der Waals surface area contributed by atoms with Crippen molar-refractivity contribution in [3.8, 4) is 11.4 Å². The minimum absolute atomic E-state index is 0.217. The largest absolute Gasteiger partial charge is 0.384 e. The van der Waals surface area contributed by atoms with Crippen LogP contribution in [0.5, 0.6) is 0 Å². The van der Waals surface area contributed by atoms with Gasteiger partial charge in [-0.2, -0.15) is 5.10 Å². The number of hydrogen-bond acceptors (Lipinski definition) is 4. The Morgan fingerprint density at radius 2 is 1.90 bits per heavy atom. The summed E-state index contributed by atoms with van der Waals surface area (Å²) in [5.41, 5.74) is 8.59. The summed E-state index contributed by atoms with van der Waals surface area (Å²) in [6, 6.07) is 14.1. The van der Waals surface area contributed by atoms with Crippen molar-refractivity contribution >= 4 is 5.82 Å². The van der Waals surface area contributed by atoms with E-state index >= 15 is 0 Å². The first kappa shape index (κ1) is 13.4. The number of anilines is 1. The van der Waals surface area contributed by atoms with Crippen LogP contribution in [0.25, 0.3) is 11.4 Å². The van der Waals surface area contributed by atoms with E-state index in [1.54, 1.807) is 4.68 Å². The van der Waals surface area contributed by atoms with Crippen LogP contribution < -0.4 is 5.73 Å². The molecule has 0 aliphatic heterocycles. The van der Waals surface area contributed by atoms with Gasteiger partial charge in [-0.15, -0.1) is 0 Å². The third kappa shape index (κ3) is 2.81. The van der Waals surface area contributed by atoms with Gasteiger partial charge >= 0.3 is 0 Å². The Morgan fingerprint density at radius 1 is 1.14 bits per heavy atom. The van der Waals surface area contributed by atoms with Crippen LogP contribution >= 0.6 is 0 Å². The highest BCUT2D eigenvalue weighted by Crippen LogP contribution is 2.23. The first-order valence-electron chi connectivity index (χ1n) is 6.98. The summed E-state index contributed by atoms with van der Waals surface area (Å²) in [6.45, 7) is 4.08. The number of nitrogen functional groups attached to an aromatic ring is 1. The molecule has 0 saturated heterocycles. The summed E-state index contributed by atoms with van der Waals surface area (Å²) < 4.78 is 7.17. The number of aromatic nitrogens is 3. The molecule has 2 N–H and O–H groups in total. The van der Waals surface area contributed by atoms with Crippen molar-refractivity contribution in [1.29, 1.82) is 0 Å². The van der Waals surface area contributed by atoms with Crippen molar-refractivity contribution < 1.29 is 4.52 Å². The molecule has 21 heavy (non-hydrogen) atoms.